The second-order valence-electron chi connectivity index (χ2n) is 6.70. The summed E-state index contributed by atoms with van der Waals surface area (Å²) in [5, 5.41) is 0. The van der Waals surface area contributed by atoms with Crippen molar-refractivity contribution in [3.63, 3.8) is 0 Å². The standard InChI is InChI=1S/C17H21NOS/c1-11-7-13(20-12(11)2)10-18-6-5-14-15(18)8-17(3,4)9-16(14)19/h5-7H,8-10H2,1-4H3. The number of aryl methyl sites for hydroxylation is 2. The van der Waals surface area contributed by atoms with Crippen molar-refractivity contribution < 1.29 is 4.79 Å². The summed E-state index contributed by atoms with van der Waals surface area (Å²) in [5.41, 5.74) is 3.60. The van der Waals surface area contributed by atoms with Crippen LogP contribution in [0.4, 0.5) is 0 Å². The van der Waals surface area contributed by atoms with Gasteiger partial charge in [0.25, 0.3) is 0 Å². The van der Waals surface area contributed by atoms with Crippen LogP contribution in [0.1, 0.15) is 51.6 Å². The topological polar surface area (TPSA) is 22.0 Å². The van der Waals surface area contributed by atoms with E-state index in [9.17, 15) is 4.79 Å². The van der Waals surface area contributed by atoms with Gasteiger partial charge in [0.2, 0.25) is 0 Å². The normalized spacial score (nSPS) is 17.3. The summed E-state index contributed by atoms with van der Waals surface area (Å²) in [6, 6.07) is 4.27. The molecule has 2 heterocycles. The van der Waals surface area contributed by atoms with Gasteiger partial charge in [-0.2, -0.15) is 0 Å². The van der Waals surface area contributed by atoms with E-state index in [1.54, 1.807) is 0 Å². The van der Waals surface area contributed by atoms with E-state index in [2.05, 4.69) is 44.5 Å². The van der Waals surface area contributed by atoms with Gasteiger partial charge in [-0.05, 0) is 43.4 Å². The highest BCUT2D eigenvalue weighted by atomic mass is 32.1. The first-order valence-corrected chi connectivity index (χ1v) is 7.94. The molecular weight excluding hydrogens is 266 g/mol. The summed E-state index contributed by atoms with van der Waals surface area (Å²) in [4.78, 5) is 15.0. The minimum Gasteiger partial charge on any atom is -0.345 e. The maximum atomic E-state index is 12.2. The Morgan fingerprint density at radius 1 is 1.30 bits per heavy atom. The van der Waals surface area contributed by atoms with Gasteiger partial charge in [0.15, 0.2) is 5.78 Å². The van der Waals surface area contributed by atoms with Crippen LogP contribution in [0.15, 0.2) is 18.3 Å². The first-order valence-electron chi connectivity index (χ1n) is 7.13. The molecule has 0 unspecified atom stereocenters. The van der Waals surface area contributed by atoms with Gasteiger partial charge in [-0.15, -0.1) is 11.3 Å². The Morgan fingerprint density at radius 2 is 2.05 bits per heavy atom. The molecule has 3 rings (SSSR count). The molecule has 0 aliphatic heterocycles. The van der Waals surface area contributed by atoms with Gasteiger partial charge in [-0.3, -0.25) is 4.79 Å². The van der Waals surface area contributed by atoms with E-state index in [0.29, 0.717) is 12.2 Å². The molecule has 0 saturated carbocycles. The molecule has 0 amide bonds. The molecule has 0 N–H and O–H groups in total. The Morgan fingerprint density at radius 3 is 2.70 bits per heavy atom. The predicted molar refractivity (Wildman–Crippen MR) is 83.8 cm³/mol. The molecule has 0 aromatic carbocycles. The number of hydrogen-bond donors (Lipinski definition) is 0. The number of ketones is 1. The van der Waals surface area contributed by atoms with Crippen LogP contribution < -0.4 is 0 Å². The highest BCUT2D eigenvalue weighted by molar-refractivity contribution is 7.12. The van der Waals surface area contributed by atoms with Crippen LogP contribution in [-0.2, 0) is 13.0 Å². The smallest absolute Gasteiger partial charge is 0.165 e. The fraction of sp³-hybridized carbons (Fsp3) is 0.471. The quantitative estimate of drug-likeness (QED) is 0.804. The average Bonchev–Trinajstić information content (AvgIpc) is 2.84. The highest BCUT2D eigenvalue weighted by Crippen LogP contribution is 2.35. The lowest BCUT2D eigenvalue weighted by atomic mass is 9.76. The minimum absolute atomic E-state index is 0.0848. The van der Waals surface area contributed by atoms with Gasteiger partial charge < -0.3 is 4.57 Å². The van der Waals surface area contributed by atoms with E-state index < -0.39 is 0 Å². The third kappa shape index (κ3) is 2.35. The van der Waals surface area contributed by atoms with E-state index in [4.69, 9.17) is 0 Å². The van der Waals surface area contributed by atoms with Crippen molar-refractivity contribution in [2.75, 3.05) is 0 Å². The molecule has 1 aliphatic carbocycles. The molecule has 2 aromatic heterocycles. The zero-order valence-electron chi connectivity index (χ0n) is 12.6. The molecule has 0 saturated heterocycles. The molecule has 1 aliphatic rings. The van der Waals surface area contributed by atoms with Crippen molar-refractivity contribution in [3.8, 4) is 0 Å². The zero-order valence-corrected chi connectivity index (χ0v) is 13.4. The summed E-state index contributed by atoms with van der Waals surface area (Å²) in [7, 11) is 0. The molecule has 2 nitrogen and oxygen atoms in total. The maximum Gasteiger partial charge on any atom is 0.165 e. The van der Waals surface area contributed by atoms with Crippen molar-refractivity contribution >= 4 is 17.1 Å². The number of Topliss-reactive ketones (excluding diaryl/α,β-unsaturated/α-hetero) is 1. The Kier molecular flexibility index (Phi) is 3.13. The largest absolute Gasteiger partial charge is 0.345 e. The number of hydrogen-bond acceptors (Lipinski definition) is 2. The van der Waals surface area contributed by atoms with Crippen LogP contribution in [0.2, 0.25) is 0 Å². The summed E-state index contributed by atoms with van der Waals surface area (Å²) in [5.74, 6) is 0.300. The molecule has 0 spiro atoms. The van der Waals surface area contributed by atoms with Crippen molar-refractivity contribution in [2.24, 2.45) is 5.41 Å². The lowest BCUT2D eigenvalue weighted by Crippen LogP contribution is -2.28. The average molecular weight is 287 g/mol. The molecule has 0 fully saturated rings. The molecule has 20 heavy (non-hydrogen) atoms. The number of fused-ring (bicyclic) bond motifs is 1. The lowest BCUT2D eigenvalue weighted by molar-refractivity contribution is 0.0910. The number of nitrogens with zero attached hydrogens (tertiary/aromatic N) is 1. The number of thiophene rings is 1. The number of rotatable bonds is 2. The van der Waals surface area contributed by atoms with Gasteiger partial charge in [0.05, 0.1) is 6.54 Å². The van der Waals surface area contributed by atoms with E-state index in [1.807, 2.05) is 17.4 Å². The summed E-state index contributed by atoms with van der Waals surface area (Å²) in [6.07, 6.45) is 3.74. The monoisotopic (exact) mass is 287 g/mol. The van der Waals surface area contributed by atoms with Gasteiger partial charge in [-0.1, -0.05) is 13.8 Å². The number of carbonyl (C=O) groups is 1. The fourth-order valence-corrected chi connectivity index (χ4v) is 4.10. The van der Waals surface area contributed by atoms with Crippen LogP contribution in [0, 0.1) is 19.3 Å². The van der Waals surface area contributed by atoms with E-state index in [1.165, 1.54) is 21.0 Å². The van der Waals surface area contributed by atoms with Crippen LogP contribution in [-0.4, -0.2) is 10.4 Å². The molecular formula is C17H21NOS. The lowest BCUT2D eigenvalue weighted by Gasteiger charge is -2.29. The Hall–Kier alpha value is -1.35. The van der Waals surface area contributed by atoms with Crippen molar-refractivity contribution in [3.05, 3.63) is 44.9 Å². The maximum absolute atomic E-state index is 12.2. The van der Waals surface area contributed by atoms with Gasteiger partial charge in [-0.25, -0.2) is 0 Å². The minimum atomic E-state index is 0.0848. The molecule has 0 bridgehead atoms. The van der Waals surface area contributed by atoms with Crippen LogP contribution in [0.25, 0.3) is 0 Å². The summed E-state index contributed by atoms with van der Waals surface area (Å²) >= 11 is 1.86. The van der Waals surface area contributed by atoms with E-state index in [0.717, 1.165) is 18.5 Å². The third-order valence-corrected chi connectivity index (χ3v) is 5.34. The first-order chi connectivity index (χ1) is 9.35. The van der Waals surface area contributed by atoms with Gasteiger partial charge in [0, 0.05) is 33.6 Å². The van der Waals surface area contributed by atoms with Crippen LogP contribution in [0.5, 0.6) is 0 Å². The second-order valence-corrected chi connectivity index (χ2v) is 8.04. The Balaban J connectivity index is 1.95. The molecule has 3 heteroatoms. The van der Waals surface area contributed by atoms with Gasteiger partial charge in [0.1, 0.15) is 0 Å². The molecule has 0 atom stereocenters. The highest BCUT2D eigenvalue weighted by Gasteiger charge is 2.32. The summed E-state index contributed by atoms with van der Waals surface area (Å²) < 4.78 is 2.26. The third-order valence-electron chi connectivity index (χ3n) is 4.21. The number of aromatic nitrogens is 1. The van der Waals surface area contributed by atoms with Crippen LogP contribution in [0.3, 0.4) is 0 Å². The summed E-state index contributed by atoms with van der Waals surface area (Å²) in [6.45, 7) is 9.58. The zero-order chi connectivity index (χ0) is 14.5. The second kappa shape index (κ2) is 4.59. The van der Waals surface area contributed by atoms with Gasteiger partial charge >= 0.3 is 0 Å². The van der Waals surface area contributed by atoms with Crippen LogP contribution >= 0.6 is 11.3 Å². The Labute approximate surface area is 124 Å². The van der Waals surface area contributed by atoms with Crippen molar-refractivity contribution in [2.45, 2.75) is 47.1 Å². The van der Waals surface area contributed by atoms with Crippen molar-refractivity contribution in [1.29, 1.82) is 0 Å². The molecule has 0 radical (unpaired) electrons. The molecule has 106 valence electrons. The van der Waals surface area contributed by atoms with Crippen molar-refractivity contribution in [1.82, 2.24) is 4.57 Å². The SMILES string of the molecule is Cc1cc(Cn2ccc3c2CC(C)(C)CC3=O)sc1C. The molecule has 2 aromatic rings. The fourth-order valence-electron chi connectivity index (χ4n) is 3.05. The number of carbonyl (C=O) groups excluding carboxylic acids is 1. The van der Waals surface area contributed by atoms with E-state index >= 15 is 0 Å². The van der Waals surface area contributed by atoms with E-state index in [-0.39, 0.29) is 5.41 Å². The Bertz CT molecular complexity index is 656. The first kappa shape index (κ1) is 13.6. The predicted octanol–water partition coefficient (Wildman–Crippen LogP) is 4.37.